The van der Waals surface area contributed by atoms with Gasteiger partial charge in [0.2, 0.25) is 0 Å². The summed E-state index contributed by atoms with van der Waals surface area (Å²) in [6.45, 7) is 0.743. The van der Waals surface area contributed by atoms with Crippen LogP contribution in [0.3, 0.4) is 0 Å². The first-order valence-corrected chi connectivity index (χ1v) is 6.59. The molecule has 0 aliphatic carbocycles. The van der Waals surface area contributed by atoms with Crippen molar-refractivity contribution in [3.05, 3.63) is 54.4 Å². The monoisotopic (exact) mass is 267 g/mol. The van der Waals surface area contributed by atoms with Gasteiger partial charge in [-0.25, -0.2) is 4.98 Å². The SMILES string of the molecule is COCCc1ccc(-c2cn3cc(N)ccc3n2)cc1. The van der Waals surface area contributed by atoms with Crippen molar-refractivity contribution in [3.63, 3.8) is 0 Å². The van der Waals surface area contributed by atoms with Gasteiger partial charge in [-0.1, -0.05) is 24.3 Å². The number of imidazole rings is 1. The second-order valence-electron chi connectivity index (χ2n) is 4.79. The normalized spacial score (nSPS) is 11.1. The molecule has 4 nitrogen and oxygen atoms in total. The van der Waals surface area contributed by atoms with E-state index in [1.807, 2.05) is 28.9 Å². The topological polar surface area (TPSA) is 52.5 Å². The molecule has 0 bridgehead atoms. The van der Waals surface area contributed by atoms with E-state index in [4.69, 9.17) is 10.5 Å². The molecule has 2 aromatic heterocycles. The lowest BCUT2D eigenvalue weighted by atomic mass is 10.1. The summed E-state index contributed by atoms with van der Waals surface area (Å²) in [6.07, 6.45) is 4.80. The Morgan fingerprint density at radius 2 is 1.90 bits per heavy atom. The van der Waals surface area contributed by atoms with E-state index in [1.54, 1.807) is 7.11 Å². The van der Waals surface area contributed by atoms with Crippen LogP contribution in [0.4, 0.5) is 5.69 Å². The van der Waals surface area contributed by atoms with Gasteiger partial charge in [-0.3, -0.25) is 0 Å². The van der Waals surface area contributed by atoms with E-state index in [1.165, 1.54) is 5.56 Å². The molecule has 2 N–H and O–H groups in total. The molecule has 0 spiro atoms. The quantitative estimate of drug-likeness (QED) is 0.790. The smallest absolute Gasteiger partial charge is 0.137 e. The van der Waals surface area contributed by atoms with Crippen molar-refractivity contribution < 1.29 is 4.74 Å². The molecule has 0 aliphatic heterocycles. The van der Waals surface area contributed by atoms with Crippen LogP contribution < -0.4 is 5.73 Å². The molecule has 3 rings (SSSR count). The molecule has 0 aliphatic rings. The summed E-state index contributed by atoms with van der Waals surface area (Å²) in [5, 5.41) is 0. The van der Waals surface area contributed by atoms with Crippen LogP contribution in [-0.4, -0.2) is 23.1 Å². The molecule has 0 radical (unpaired) electrons. The predicted octanol–water partition coefficient (Wildman–Crippen LogP) is 2.77. The molecule has 0 saturated heterocycles. The van der Waals surface area contributed by atoms with Crippen LogP contribution in [0.1, 0.15) is 5.56 Å². The molecule has 0 fully saturated rings. The van der Waals surface area contributed by atoms with E-state index in [-0.39, 0.29) is 0 Å². The standard InChI is InChI=1S/C16H17N3O/c1-20-9-8-12-2-4-13(5-3-12)15-11-19-10-14(17)6-7-16(19)18-15/h2-7,10-11H,8-9,17H2,1H3. The van der Waals surface area contributed by atoms with E-state index >= 15 is 0 Å². The maximum absolute atomic E-state index is 5.78. The molecule has 20 heavy (non-hydrogen) atoms. The maximum atomic E-state index is 5.78. The lowest BCUT2D eigenvalue weighted by Crippen LogP contribution is -1.93. The highest BCUT2D eigenvalue weighted by atomic mass is 16.5. The van der Waals surface area contributed by atoms with Gasteiger partial charge in [0, 0.05) is 30.8 Å². The van der Waals surface area contributed by atoms with Gasteiger partial charge in [0.25, 0.3) is 0 Å². The number of anilines is 1. The summed E-state index contributed by atoms with van der Waals surface area (Å²) >= 11 is 0. The van der Waals surface area contributed by atoms with E-state index in [9.17, 15) is 0 Å². The third-order valence-corrected chi connectivity index (χ3v) is 3.32. The molecule has 0 saturated carbocycles. The molecular formula is C16H17N3O. The van der Waals surface area contributed by atoms with Crippen LogP contribution >= 0.6 is 0 Å². The first-order chi connectivity index (χ1) is 9.76. The molecule has 4 heteroatoms. The molecule has 2 heterocycles. The van der Waals surface area contributed by atoms with Crippen molar-refractivity contribution in [2.45, 2.75) is 6.42 Å². The Hall–Kier alpha value is -2.33. The van der Waals surface area contributed by atoms with Crippen molar-refractivity contribution in [2.75, 3.05) is 19.5 Å². The van der Waals surface area contributed by atoms with Crippen LogP contribution in [0, 0.1) is 0 Å². The Morgan fingerprint density at radius 3 is 2.65 bits per heavy atom. The molecular weight excluding hydrogens is 250 g/mol. The molecule has 3 aromatic rings. The van der Waals surface area contributed by atoms with Gasteiger partial charge in [-0.2, -0.15) is 0 Å². The zero-order valence-electron chi connectivity index (χ0n) is 11.4. The predicted molar refractivity (Wildman–Crippen MR) is 80.6 cm³/mol. The van der Waals surface area contributed by atoms with E-state index in [0.29, 0.717) is 0 Å². The van der Waals surface area contributed by atoms with Crippen LogP contribution in [-0.2, 0) is 11.2 Å². The number of benzene rings is 1. The fourth-order valence-corrected chi connectivity index (χ4v) is 2.21. The summed E-state index contributed by atoms with van der Waals surface area (Å²) in [5.74, 6) is 0. The minimum atomic E-state index is 0.733. The van der Waals surface area contributed by atoms with Gasteiger partial charge in [-0.05, 0) is 24.1 Å². The number of methoxy groups -OCH3 is 1. The number of rotatable bonds is 4. The first kappa shape index (κ1) is 12.7. The third-order valence-electron chi connectivity index (χ3n) is 3.32. The Morgan fingerprint density at radius 1 is 1.10 bits per heavy atom. The Kier molecular flexibility index (Phi) is 3.39. The van der Waals surface area contributed by atoms with Crippen molar-refractivity contribution in [2.24, 2.45) is 0 Å². The van der Waals surface area contributed by atoms with Crippen molar-refractivity contribution >= 4 is 11.3 Å². The highest BCUT2D eigenvalue weighted by Crippen LogP contribution is 2.20. The minimum Gasteiger partial charge on any atom is -0.398 e. The number of fused-ring (bicyclic) bond motifs is 1. The van der Waals surface area contributed by atoms with Gasteiger partial charge < -0.3 is 14.9 Å². The summed E-state index contributed by atoms with van der Waals surface area (Å²) in [4.78, 5) is 4.60. The number of hydrogen-bond acceptors (Lipinski definition) is 3. The summed E-state index contributed by atoms with van der Waals surface area (Å²) in [6, 6.07) is 12.2. The fourth-order valence-electron chi connectivity index (χ4n) is 2.21. The highest BCUT2D eigenvalue weighted by Gasteiger charge is 2.04. The number of nitrogens with zero attached hydrogens (tertiary/aromatic N) is 2. The fraction of sp³-hybridized carbons (Fsp3) is 0.188. The summed E-state index contributed by atoms with van der Waals surface area (Å²) in [7, 11) is 1.72. The summed E-state index contributed by atoms with van der Waals surface area (Å²) in [5.41, 5.74) is 10.7. The average Bonchev–Trinajstić information content (AvgIpc) is 2.88. The van der Waals surface area contributed by atoms with Crippen LogP contribution in [0.2, 0.25) is 0 Å². The number of ether oxygens (including phenoxy) is 1. The largest absolute Gasteiger partial charge is 0.398 e. The van der Waals surface area contributed by atoms with Crippen molar-refractivity contribution in [3.8, 4) is 11.3 Å². The van der Waals surface area contributed by atoms with Crippen molar-refractivity contribution in [1.29, 1.82) is 0 Å². The molecule has 0 amide bonds. The van der Waals surface area contributed by atoms with Gasteiger partial charge in [0.1, 0.15) is 5.65 Å². The zero-order valence-corrected chi connectivity index (χ0v) is 11.4. The van der Waals surface area contributed by atoms with Crippen LogP contribution in [0.5, 0.6) is 0 Å². The minimum absolute atomic E-state index is 0.733. The van der Waals surface area contributed by atoms with E-state index in [0.717, 1.165) is 35.6 Å². The van der Waals surface area contributed by atoms with E-state index in [2.05, 4.69) is 29.2 Å². The number of hydrogen-bond donors (Lipinski definition) is 1. The Labute approximate surface area is 117 Å². The molecule has 0 unspecified atom stereocenters. The summed E-state index contributed by atoms with van der Waals surface area (Å²) < 4.78 is 7.03. The molecule has 102 valence electrons. The Bertz CT molecular complexity index is 716. The Balaban J connectivity index is 1.90. The van der Waals surface area contributed by atoms with Crippen LogP contribution in [0.15, 0.2) is 48.8 Å². The second-order valence-corrected chi connectivity index (χ2v) is 4.79. The molecule has 0 atom stereocenters. The van der Waals surface area contributed by atoms with Gasteiger partial charge in [-0.15, -0.1) is 0 Å². The second kappa shape index (κ2) is 5.35. The average molecular weight is 267 g/mol. The molecule has 1 aromatic carbocycles. The maximum Gasteiger partial charge on any atom is 0.137 e. The highest BCUT2D eigenvalue weighted by molar-refractivity contribution is 5.63. The number of pyridine rings is 1. The van der Waals surface area contributed by atoms with E-state index < -0.39 is 0 Å². The van der Waals surface area contributed by atoms with Gasteiger partial charge >= 0.3 is 0 Å². The lowest BCUT2D eigenvalue weighted by molar-refractivity contribution is 0.202. The zero-order chi connectivity index (χ0) is 13.9. The van der Waals surface area contributed by atoms with Crippen molar-refractivity contribution in [1.82, 2.24) is 9.38 Å². The van der Waals surface area contributed by atoms with Gasteiger partial charge in [0.15, 0.2) is 0 Å². The first-order valence-electron chi connectivity index (χ1n) is 6.59. The number of nitrogens with two attached hydrogens (primary N) is 1. The lowest BCUT2D eigenvalue weighted by Gasteiger charge is -2.01. The number of nitrogen functional groups attached to an aromatic ring is 1. The number of aromatic nitrogens is 2. The van der Waals surface area contributed by atoms with Gasteiger partial charge in [0.05, 0.1) is 12.3 Å². The third kappa shape index (κ3) is 2.51. The van der Waals surface area contributed by atoms with Crippen LogP contribution in [0.25, 0.3) is 16.9 Å².